The van der Waals surface area contributed by atoms with E-state index in [0.717, 1.165) is 10.5 Å². The third-order valence-corrected chi connectivity index (χ3v) is 5.20. The van der Waals surface area contributed by atoms with E-state index in [0.29, 0.717) is 27.9 Å². The van der Waals surface area contributed by atoms with E-state index in [2.05, 4.69) is 10.3 Å². The van der Waals surface area contributed by atoms with Crippen LogP contribution in [-0.4, -0.2) is 38.1 Å². The predicted octanol–water partition coefficient (Wildman–Crippen LogP) is 3.16. The van der Waals surface area contributed by atoms with E-state index in [-0.39, 0.29) is 0 Å². The monoisotopic (exact) mass is 400 g/mol. The van der Waals surface area contributed by atoms with E-state index in [9.17, 15) is 9.59 Å². The maximum atomic E-state index is 13.2. The number of aryl methyl sites for hydroxylation is 1. The molecule has 0 radical (unpaired) electrons. The molecule has 2 amide bonds. The van der Waals surface area contributed by atoms with Gasteiger partial charge in [0.15, 0.2) is 12.1 Å². The summed E-state index contributed by atoms with van der Waals surface area (Å²) in [5.41, 5.74) is 1.85. The molecule has 0 spiro atoms. The second kappa shape index (κ2) is 6.79. The molecule has 144 valence electrons. The molecule has 2 aliphatic heterocycles. The van der Waals surface area contributed by atoms with Gasteiger partial charge in [0.2, 0.25) is 0 Å². The van der Waals surface area contributed by atoms with Gasteiger partial charge in [-0.05, 0) is 24.6 Å². The van der Waals surface area contributed by atoms with Crippen LogP contribution in [0.15, 0.2) is 46.7 Å². The Labute approximate surface area is 166 Å². The van der Waals surface area contributed by atoms with E-state index in [1.807, 2.05) is 13.0 Å². The van der Waals surface area contributed by atoms with Crippen molar-refractivity contribution in [2.75, 3.05) is 24.1 Å². The lowest BCUT2D eigenvalue weighted by atomic mass is 10.1. The van der Waals surface area contributed by atoms with Crippen molar-refractivity contribution in [1.29, 1.82) is 0 Å². The summed E-state index contributed by atoms with van der Waals surface area (Å²) in [6.07, 6.45) is 0. The highest BCUT2D eigenvalue weighted by molar-refractivity contribution is 6.31. The normalized spacial score (nSPS) is 20.7. The van der Waals surface area contributed by atoms with E-state index in [1.54, 1.807) is 30.3 Å². The topological polar surface area (TPSA) is 83.8 Å². The van der Waals surface area contributed by atoms with Crippen LogP contribution in [0.3, 0.4) is 0 Å². The zero-order valence-corrected chi connectivity index (χ0v) is 16.2. The SMILES string of the molecule is COc1cc(OC)cc(N2C(=O)C3N=NN(c4ccc(C)c(Cl)c4)C3C2=O)c1. The fourth-order valence-electron chi connectivity index (χ4n) is 3.27. The zero-order valence-electron chi connectivity index (χ0n) is 15.4. The van der Waals surface area contributed by atoms with Crippen molar-refractivity contribution in [1.82, 2.24) is 0 Å². The van der Waals surface area contributed by atoms with E-state index in [1.165, 1.54) is 19.2 Å². The third kappa shape index (κ3) is 2.77. The molecule has 0 N–H and O–H groups in total. The van der Waals surface area contributed by atoms with Gasteiger partial charge in [-0.2, -0.15) is 5.11 Å². The third-order valence-electron chi connectivity index (χ3n) is 4.80. The second-order valence-electron chi connectivity index (χ2n) is 6.46. The summed E-state index contributed by atoms with van der Waals surface area (Å²) in [6, 6.07) is 8.41. The van der Waals surface area contributed by atoms with Crippen LogP contribution >= 0.6 is 11.6 Å². The molecule has 4 rings (SSSR count). The molecular weight excluding hydrogens is 384 g/mol. The number of rotatable bonds is 4. The quantitative estimate of drug-likeness (QED) is 0.736. The number of ether oxygens (including phenoxy) is 2. The van der Waals surface area contributed by atoms with Crippen molar-refractivity contribution in [3.05, 3.63) is 47.0 Å². The minimum absolute atomic E-state index is 0.359. The standard InChI is InChI=1S/C19H17ClN4O4/c1-10-4-5-11(8-15(10)20)24-17-16(21-22-24)18(25)23(19(17)26)12-6-13(27-2)9-14(7-12)28-3/h4-9,16-17H,1-3H3. The Balaban J connectivity index is 1.71. The number of methoxy groups -OCH3 is 2. The van der Waals surface area contributed by atoms with Crippen LogP contribution in [0.25, 0.3) is 0 Å². The summed E-state index contributed by atoms with van der Waals surface area (Å²) in [5.74, 6) is 0.0633. The van der Waals surface area contributed by atoms with Gasteiger partial charge in [0, 0.05) is 23.2 Å². The highest BCUT2D eigenvalue weighted by Crippen LogP contribution is 2.38. The first kappa shape index (κ1) is 18.2. The molecule has 0 aromatic heterocycles. The molecule has 28 heavy (non-hydrogen) atoms. The first-order valence-corrected chi connectivity index (χ1v) is 8.89. The van der Waals surface area contributed by atoms with Gasteiger partial charge in [-0.15, -0.1) is 0 Å². The molecule has 2 aromatic carbocycles. The van der Waals surface area contributed by atoms with Crippen molar-refractivity contribution >= 4 is 34.8 Å². The van der Waals surface area contributed by atoms with Gasteiger partial charge in [0.25, 0.3) is 11.8 Å². The highest BCUT2D eigenvalue weighted by atomic mass is 35.5. The molecule has 2 atom stereocenters. The molecule has 0 saturated carbocycles. The number of hydrogen-bond acceptors (Lipinski definition) is 7. The molecule has 2 unspecified atom stereocenters. The molecule has 2 heterocycles. The predicted molar refractivity (Wildman–Crippen MR) is 103 cm³/mol. The molecule has 2 aliphatic rings. The van der Waals surface area contributed by atoms with Crippen LogP contribution in [0.2, 0.25) is 5.02 Å². The Bertz CT molecular complexity index is 987. The van der Waals surface area contributed by atoms with Gasteiger partial charge in [-0.3, -0.25) is 9.59 Å². The van der Waals surface area contributed by atoms with Crippen LogP contribution in [0.1, 0.15) is 5.56 Å². The maximum Gasteiger partial charge on any atom is 0.263 e. The number of benzene rings is 2. The number of hydrogen-bond donors (Lipinski definition) is 0. The summed E-state index contributed by atoms with van der Waals surface area (Å²) in [4.78, 5) is 27.2. The Hall–Kier alpha value is -3.13. The van der Waals surface area contributed by atoms with Crippen molar-refractivity contribution in [3.8, 4) is 11.5 Å². The Morgan fingerprint density at radius 3 is 2.25 bits per heavy atom. The minimum Gasteiger partial charge on any atom is -0.497 e. The van der Waals surface area contributed by atoms with Crippen molar-refractivity contribution in [3.63, 3.8) is 0 Å². The van der Waals surface area contributed by atoms with Gasteiger partial charge in [-0.1, -0.05) is 22.9 Å². The second-order valence-corrected chi connectivity index (χ2v) is 6.86. The zero-order chi connectivity index (χ0) is 20.0. The number of imide groups is 1. The number of anilines is 2. The number of fused-ring (bicyclic) bond motifs is 1. The molecule has 2 aromatic rings. The van der Waals surface area contributed by atoms with Crippen LogP contribution in [0.5, 0.6) is 11.5 Å². The number of carbonyl (C=O) groups is 2. The van der Waals surface area contributed by atoms with Crippen molar-refractivity contribution in [2.24, 2.45) is 10.3 Å². The Morgan fingerprint density at radius 2 is 1.64 bits per heavy atom. The average Bonchev–Trinajstić information content (AvgIpc) is 3.24. The van der Waals surface area contributed by atoms with Crippen LogP contribution in [-0.2, 0) is 9.59 Å². The van der Waals surface area contributed by atoms with Gasteiger partial charge in [0.05, 0.1) is 25.6 Å². The first-order valence-electron chi connectivity index (χ1n) is 8.51. The lowest BCUT2D eigenvalue weighted by Crippen LogP contribution is -2.39. The van der Waals surface area contributed by atoms with Crippen LogP contribution in [0.4, 0.5) is 11.4 Å². The number of nitrogens with zero attached hydrogens (tertiary/aromatic N) is 4. The molecule has 0 aliphatic carbocycles. The van der Waals surface area contributed by atoms with E-state index >= 15 is 0 Å². The molecular formula is C19H17ClN4O4. The van der Waals surface area contributed by atoms with Gasteiger partial charge >= 0.3 is 0 Å². The molecule has 1 fully saturated rings. The first-order chi connectivity index (χ1) is 13.4. The van der Waals surface area contributed by atoms with Crippen molar-refractivity contribution in [2.45, 2.75) is 19.0 Å². The summed E-state index contributed by atoms with van der Waals surface area (Å²) in [7, 11) is 3.00. The largest absolute Gasteiger partial charge is 0.497 e. The van der Waals surface area contributed by atoms with Crippen molar-refractivity contribution < 1.29 is 19.1 Å². The maximum absolute atomic E-state index is 13.2. The summed E-state index contributed by atoms with van der Waals surface area (Å²) < 4.78 is 10.5. The van der Waals surface area contributed by atoms with Crippen LogP contribution in [0, 0.1) is 6.92 Å². The number of halogens is 1. The smallest absolute Gasteiger partial charge is 0.263 e. The summed E-state index contributed by atoms with van der Waals surface area (Å²) in [6.45, 7) is 1.88. The number of amides is 2. The minimum atomic E-state index is -0.912. The summed E-state index contributed by atoms with van der Waals surface area (Å²) in [5, 5.41) is 10.1. The molecule has 0 bridgehead atoms. The Kier molecular flexibility index (Phi) is 4.43. The number of carbonyl (C=O) groups excluding carboxylic acids is 2. The van der Waals surface area contributed by atoms with Crippen LogP contribution < -0.4 is 19.4 Å². The fourth-order valence-corrected chi connectivity index (χ4v) is 3.45. The lowest BCUT2D eigenvalue weighted by Gasteiger charge is -2.21. The van der Waals surface area contributed by atoms with Gasteiger partial charge < -0.3 is 9.47 Å². The van der Waals surface area contributed by atoms with E-state index < -0.39 is 23.9 Å². The lowest BCUT2D eigenvalue weighted by molar-refractivity contribution is -0.121. The highest BCUT2D eigenvalue weighted by Gasteiger charge is 2.55. The van der Waals surface area contributed by atoms with Gasteiger partial charge in [0.1, 0.15) is 11.5 Å². The molecule has 8 nitrogen and oxygen atoms in total. The fraction of sp³-hybridized carbons (Fsp3) is 0.263. The Morgan fingerprint density at radius 1 is 0.964 bits per heavy atom. The summed E-state index contributed by atoms with van der Waals surface area (Å²) >= 11 is 6.20. The average molecular weight is 401 g/mol. The van der Waals surface area contributed by atoms with Gasteiger partial charge in [-0.25, -0.2) is 9.91 Å². The molecule has 9 heteroatoms. The van der Waals surface area contributed by atoms with E-state index in [4.69, 9.17) is 21.1 Å². The molecule has 1 saturated heterocycles.